The number of ether oxygens (including phenoxy) is 1. The van der Waals surface area contributed by atoms with Crippen LogP contribution in [0.15, 0.2) is 18.6 Å². The third kappa shape index (κ3) is 2.92. The second-order valence-corrected chi connectivity index (χ2v) is 5.54. The number of hydrogen-bond donors (Lipinski definition) is 1. The summed E-state index contributed by atoms with van der Waals surface area (Å²) in [5, 5.41) is 3.05. The van der Waals surface area contributed by atoms with Crippen LogP contribution in [0.2, 0.25) is 0 Å². The molecule has 3 rings (SSSR count). The molecule has 1 saturated heterocycles. The van der Waals surface area contributed by atoms with E-state index in [0.717, 1.165) is 19.3 Å². The average molecular weight is 261 g/mol. The molecule has 0 aromatic carbocycles. The van der Waals surface area contributed by atoms with Crippen LogP contribution in [0.1, 0.15) is 37.8 Å². The van der Waals surface area contributed by atoms with Gasteiger partial charge in [0.25, 0.3) is 0 Å². The second-order valence-electron chi connectivity index (χ2n) is 5.54. The molecule has 5 nitrogen and oxygen atoms in total. The van der Waals surface area contributed by atoms with Gasteiger partial charge in [0.15, 0.2) is 0 Å². The van der Waals surface area contributed by atoms with Gasteiger partial charge in [-0.15, -0.1) is 0 Å². The van der Waals surface area contributed by atoms with E-state index < -0.39 is 0 Å². The first-order valence-corrected chi connectivity index (χ1v) is 6.94. The van der Waals surface area contributed by atoms with E-state index in [-0.39, 0.29) is 24.0 Å². The van der Waals surface area contributed by atoms with Crippen molar-refractivity contribution in [1.29, 1.82) is 0 Å². The van der Waals surface area contributed by atoms with Gasteiger partial charge in [-0.25, -0.2) is 0 Å². The predicted molar refractivity (Wildman–Crippen MR) is 69.4 cm³/mol. The zero-order valence-corrected chi connectivity index (χ0v) is 11.0. The van der Waals surface area contributed by atoms with Crippen LogP contribution in [0.25, 0.3) is 0 Å². The third-order valence-electron chi connectivity index (χ3n) is 4.05. The van der Waals surface area contributed by atoms with Gasteiger partial charge < -0.3 is 10.1 Å². The molecule has 5 heteroatoms. The second kappa shape index (κ2) is 5.25. The van der Waals surface area contributed by atoms with Crippen LogP contribution < -0.4 is 5.32 Å². The van der Waals surface area contributed by atoms with Crippen molar-refractivity contribution >= 4 is 5.91 Å². The van der Waals surface area contributed by atoms with Crippen LogP contribution in [-0.4, -0.2) is 34.1 Å². The number of carbonyl (C=O) groups excluding carboxylic acids is 1. The summed E-state index contributed by atoms with van der Waals surface area (Å²) in [4.78, 5) is 20.0. The van der Waals surface area contributed by atoms with Gasteiger partial charge >= 0.3 is 0 Å². The maximum atomic E-state index is 11.9. The summed E-state index contributed by atoms with van der Waals surface area (Å²) in [5.74, 6) is 0.00384. The molecule has 0 bridgehead atoms. The number of carbonyl (C=O) groups is 1. The molecule has 1 aliphatic heterocycles. The third-order valence-corrected chi connectivity index (χ3v) is 4.05. The summed E-state index contributed by atoms with van der Waals surface area (Å²) in [6, 6.07) is 0.155. The van der Waals surface area contributed by atoms with E-state index in [1.54, 1.807) is 18.6 Å². The lowest BCUT2D eigenvalue weighted by molar-refractivity contribution is -0.121. The van der Waals surface area contributed by atoms with Crippen LogP contribution >= 0.6 is 0 Å². The number of hydrogen-bond acceptors (Lipinski definition) is 4. The van der Waals surface area contributed by atoms with Crippen molar-refractivity contribution in [3.63, 3.8) is 0 Å². The summed E-state index contributed by atoms with van der Waals surface area (Å²) in [5.41, 5.74) is 0.763. The van der Waals surface area contributed by atoms with Crippen LogP contribution in [0.3, 0.4) is 0 Å². The fourth-order valence-electron chi connectivity index (χ4n) is 3.17. The molecule has 2 heterocycles. The van der Waals surface area contributed by atoms with Gasteiger partial charge in [-0.05, 0) is 19.3 Å². The van der Waals surface area contributed by atoms with E-state index in [2.05, 4.69) is 15.3 Å². The summed E-state index contributed by atoms with van der Waals surface area (Å²) < 4.78 is 5.92. The fourth-order valence-corrected chi connectivity index (χ4v) is 3.17. The molecule has 19 heavy (non-hydrogen) atoms. The molecule has 1 amide bonds. The Kier molecular flexibility index (Phi) is 3.46. The lowest BCUT2D eigenvalue weighted by atomic mass is 9.96. The van der Waals surface area contributed by atoms with Crippen LogP contribution in [0.4, 0.5) is 0 Å². The zero-order valence-electron chi connectivity index (χ0n) is 11.0. The molecule has 102 valence electrons. The first-order chi connectivity index (χ1) is 9.26. The Bertz CT molecular complexity index is 443. The van der Waals surface area contributed by atoms with Gasteiger partial charge in [0.1, 0.15) is 0 Å². The Labute approximate surface area is 112 Å². The average Bonchev–Trinajstić information content (AvgIpc) is 3.02. The summed E-state index contributed by atoms with van der Waals surface area (Å²) in [6.07, 6.45) is 10.9. The monoisotopic (exact) mass is 261 g/mol. The summed E-state index contributed by atoms with van der Waals surface area (Å²) >= 11 is 0. The zero-order chi connectivity index (χ0) is 13.1. The molecule has 1 spiro atoms. The maximum Gasteiger partial charge on any atom is 0.226 e. The van der Waals surface area contributed by atoms with Crippen molar-refractivity contribution in [1.82, 2.24) is 15.3 Å². The highest BCUT2D eigenvalue weighted by molar-refractivity contribution is 5.78. The molecule has 0 unspecified atom stereocenters. The Morgan fingerprint density at radius 3 is 3.00 bits per heavy atom. The normalized spacial score (nSPS) is 24.7. The van der Waals surface area contributed by atoms with E-state index in [9.17, 15) is 4.79 Å². The first kappa shape index (κ1) is 12.5. The molecule has 0 radical (unpaired) electrons. The minimum Gasteiger partial charge on any atom is -0.373 e. The maximum absolute atomic E-state index is 11.9. The highest BCUT2D eigenvalue weighted by Gasteiger charge is 2.42. The van der Waals surface area contributed by atoms with Crippen LogP contribution in [0, 0.1) is 0 Å². The number of aromatic nitrogens is 2. The van der Waals surface area contributed by atoms with Gasteiger partial charge in [-0.2, -0.15) is 0 Å². The van der Waals surface area contributed by atoms with Gasteiger partial charge in [-0.1, -0.05) is 12.8 Å². The lowest BCUT2D eigenvalue weighted by Crippen LogP contribution is -2.37. The van der Waals surface area contributed by atoms with E-state index >= 15 is 0 Å². The summed E-state index contributed by atoms with van der Waals surface area (Å²) in [6.45, 7) is 0.645. The smallest absolute Gasteiger partial charge is 0.226 e. The highest BCUT2D eigenvalue weighted by atomic mass is 16.5. The molecule has 1 aromatic rings. The molecule has 1 N–H and O–H groups in total. The largest absolute Gasteiger partial charge is 0.373 e. The minimum absolute atomic E-state index is 0.00384. The molecular formula is C14H19N3O2. The van der Waals surface area contributed by atoms with Crippen molar-refractivity contribution in [2.45, 2.75) is 50.2 Å². The Hall–Kier alpha value is -1.49. The number of nitrogens with zero attached hydrogens (tertiary/aromatic N) is 2. The van der Waals surface area contributed by atoms with Crippen LogP contribution in [-0.2, 0) is 16.0 Å². The first-order valence-electron chi connectivity index (χ1n) is 6.94. The Balaban J connectivity index is 1.51. The standard InChI is InChI=1S/C14H19N3O2/c18-13(7-11-9-15-5-6-16-11)17-12-8-14(19-10-12)3-1-2-4-14/h5-6,9,12H,1-4,7-8,10H2,(H,17,18)/t12-/m0/s1. The van der Waals surface area contributed by atoms with E-state index in [4.69, 9.17) is 4.74 Å². The quantitative estimate of drug-likeness (QED) is 0.889. The van der Waals surface area contributed by atoms with Crippen molar-refractivity contribution < 1.29 is 9.53 Å². The van der Waals surface area contributed by atoms with Crippen molar-refractivity contribution in [2.24, 2.45) is 0 Å². The van der Waals surface area contributed by atoms with Crippen molar-refractivity contribution in [3.8, 4) is 0 Å². The molecular weight excluding hydrogens is 242 g/mol. The van der Waals surface area contributed by atoms with Gasteiger partial charge in [0.2, 0.25) is 5.91 Å². The number of nitrogens with one attached hydrogen (secondary N) is 1. The topological polar surface area (TPSA) is 64.1 Å². The molecule has 1 atom stereocenters. The summed E-state index contributed by atoms with van der Waals surface area (Å²) in [7, 11) is 0. The van der Waals surface area contributed by atoms with Crippen molar-refractivity contribution in [2.75, 3.05) is 6.61 Å². The Morgan fingerprint density at radius 2 is 2.26 bits per heavy atom. The van der Waals surface area contributed by atoms with Crippen molar-refractivity contribution in [3.05, 3.63) is 24.3 Å². The van der Waals surface area contributed by atoms with Crippen LogP contribution in [0.5, 0.6) is 0 Å². The molecule has 1 aliphatic carbocycles. The number of rotatable bonds is 3. The van der Waals surface area contributed by atoms with E-state index in [0.29, 0.717) is 12.3 Å². The Morgan fingerprint density at radius 1 is 1.42 bits per heavy atom. The molecule has 1 saturated carbocycles. The lowest BCUT2D eigenvalue weighted by Gasteiger charge is -2.21. The highest BCUT2D eigenvalue weighted by Crippen LogP contribution is 2.40. The molecule has 2 fully saturated rings. The van der Waals surface area contributed by atoms with Gasteiger partial charge in [0.05, 0.1) is 30.4 Å². The molecule has 1 aromatic heterocycles. The van der Waals surface area contributed by atoms with Gasteiger partial charge in [-0.3, -0.25) is 14.8 Å². The molecule has 2 aliphatic rings. The fraction of sp³-hybridized carbons (Fsp3) is 0.643. The van der Waals surface area contributed by atoms with Gasteiger partial charge in [0, 0.05) is 18.6 Å². The number of amides is 1. The minimum atomic E-state index is 0.00384. The SMILES string of the molecule is O=C(Cc1cnccn1)N[C@@H]1COC2(CCCC2)C1. The van der Waals surface area contributed by atoms with E-state index in [1.807, 2.05) is 0 Å². The predicted octanol–water partition coefficient (Wildman–Crippen LogP) is 1.24. The van der Waals surface area contributed by atoms with E-state index in [1.165, 1.54) is 12.8 Å².